The maximum atomic E-state index is 14.0. The molecule has 43 heavy (non-hydrogen) atoms. The van der Waals surface area contributed by atoms with Gasteiger partial charge in [-0.1, -0.05) is 35.6 Å². The lowest BCUT2D eigenvalue weighted by Gasteiger charge is -2.25. The molecule has 0 saturated heterocycles. The number of fused-ring (bicyclic) bond motifs is 1. The third-order valence-corrected chi connectivity index (χ3v) is 8.36. The molecule has 2 heterocycles. The Balaban J connectivity index is 1.57. The van der Waals surface area contributed by atoms with Crippen LogP contribution in [0.1, 0.15) is 36.6 Å². The van der Waals surface area contributed by atoms with Gasteiger partial charge in [-0.05, 0) is 77.3 Å². The van der Waals surface area contributed by atoms with Gasteiger partial charge in [-0.2, -0.15) is 0 Å². The molecule has 0 aliphatic carbocycles. The smallest absolute Gasteiger partial charge is 0.338 e. The lowest BCUT2D eigenvalue weighted by atomic mass is 9.96. The van der Waals surface area contributed by atoms with Gasteiger partial charge in [-0.25, -0.2) is 9.79 Å². The molecule has 3 aromatic carbocycles. The van der Waals surface area contributed by atoms with Crippen molar-refractivity contribution in [3.05, 3.63) is 129 Å². The standard InChI is InChI=1S/C31H26BrN3O7S/c1-4-41-30(37)27-18(2)33-31-34(28(27)21-11-14-25(40-3)23(32)15-21)29(36)26(43-31)16-20-7-5-6-8-24(20)42-17-19-9-12-22(13-10-19)35(38)39/h5-16,28H,4,17H2,1-3H3/b26-16+/t28-/m0/s1. The van der Waals surface area contributed by atoms with Crippen LogP contribution in [0.15, 0.2) is 92.3 Å². The second-order valence-corrected chi connectivity index (χ2v) is 11.3. The van der Waals surface area contributed by atoms with E-state index in [1.165, 1.54) is 28.0 Å². The number of nitrogens with zero attached hydrogens (tertiary/aromatic N) is 3. The second-order valence-electron chi connectivity index (χ2n) is 9.45. The number of hydrogen-bond acceptors (Lipinski definition) is 9. The Morgan fingerprint density at radius 3 is 2.56 bits per heavy atom. The summed E-state index contributed by atoms with van der Waals surface area (Å²) in [5.74, 6) is 0.602. The Bertz CT molecular complexity index is 1930. The van der Waals surface area contributed by atoms with Crippen molar-refractivity contribution in [2.75, 3.05) is 13.7 Å². The summed E-state index contributed by atoms with van der Waals surface area (Å²) in [7, 11) is 1.56. The van der Waals surface area contributed by atoms with Crippen LogP contribution in [0.4, 0.5) is 5.69 Å². The number of halogens is 1. The molecule has 1 aromatic heterocycles. The first-order valence-corrected chi connectivity index (χ1v) is 14.8. The summed E-state index contributed by atoms with van der Waals surface area (Å²) in [6.07, 6.45) is 1.74. The molecule has 12 heteroatoms. The SMILES string of the molecule is CCOC(=O)C1=C(C)N=c2s/c(=C/c3ccccc3OCc3ccc([N+](=O)[O-])cc3)c(=O)n2[C@H]1c1ccc(OC)c(Br)c1. The Hall–Kier alpha value is -4.55. The van der Waals surface area contributed by atoms with Crippen molar-refractivity contribution in [2.45, 2.75) is 26.5 Å². The van der Waals surface area contributed by atoms with Gasteiger partial charge in [-0.15, -0.1) is 0 Å². The number of allylic oxidation sites excluding steroid dienone is 1. The highest BCUT2D eigenvalue weighted by atomic mass is 79.9. The summed E-state index contributed by atoms with van der Waals surface area (Å²) in [4.78, 5) is 42.7. The number of ether oxygens (including phenoxy) is 3. The van der Waals surface area contributed by atoms with E-state index in [9.17, 15) is 19.7 Å². The number of rotatable bonds is 9. The molecular weight excluding hydrogens is 638 g/mol. The number of thiazole rings is 1. The summed E-state index contributed by atoms with van der Waals surface area (Å²) < 4.78 is 19.4. The van der Waals surface area contributed by atoms with Gasteiger partial charge >= 0.3 is 5.97 Å². The molecule has 0 saturated carbocycles. The Morgan fingerprint density at radius 1 is 1.14 bits per heavy atom. The molecule has 0 unspecified atom stereocenters. The summed E-state index contributed by atoms with van der Waals surface area (Å²) in [5, 5.41) is 11.0. The van der Waals surface area contributed by atoms with Gasteiger partial charge < -0.3 is 14.2 Å². The molecule has 0 radical (unpaired) electrons. The molecule has 10 nitrogen and oxygen atoms in total. The van der Waals surface area contributed by atoms with Crippen molar-refractivity contribution >= 4 is 45.0 Å². The third kappa shape index (κ3) is 6.15. The average molecular weight is 665 g/mol. The van der Waals surface area contributed by atoms with Crippen molar-refractivity contribution in [1.82, 2.24) is 4.57 Å². The molecular formula is C31H26BrN3O7S. The van der Waals surface area contributed by atoms with Gasteiger partial charge in [0, 0.05) is 17.7 Å². The first-order chi connectivity index (χ1) is 20.7. The molecule has 5 rings (SSSR count). The Morgan fingerprint density at radius 2 is 1.88 bits per heavy atom. The van der Waals surface area contributed by atoms with E-state index < -0.39 is 16.9 Å². The summed E-state index contributed by atoms with van der Waals surface area (Å²) in [5.41, 5.74) is 2.54. The van der Waals surface area contributed by atoms with Crippen LogP contribution in [0, 0.1) is 10.1 Å². The lowest BCUT2D eigenvalue weighted by Crippen LogP contribution is -2.40. The van der Waals surface area contributed by atoms with Gasteiger partial charge in [0.1, 0.15) is 18.1 Å². The van der Waals surface area contributed by atoms with Crippen molar-refractivity contribution < 1.29 is 23.9 Å². The highest BCUT2D eigenvalue weighted by molar-refractivity contribution is 9.10. The van der Waals surface area contributed by atoms with Crippen LogP contribution in [-0.4, -0.2) is 29.2 Å². The van der Waals surface area contributed by atoms with Crippen molar-refractivity contribution in [1.29, 1.82) is 0 Å². The van der Waals surface area contributed by atoms with E-state index in [2.05, 4.69) is 20.9 Å². The number of methoxy groups -OCH3 is 1. The minimum Gasteiger partial charge on any atom is -0.496 e. The number of para-hydroxylation sites is 1. The zero-order chi connectivity index (χ0) is 30.7. The van der Waals surface area contributed by atoms with Crippen LogP contribution in [0.2, 0.25) is 0 Å². The molecule has 0 N–H and O–H groups in total. The van der Waals surface area contributed by atoms with Crippen molar-refractivity contribution in [2.24, 2.45) is 4.99 Å². The van der Waals surface area contributed by atoms with E-state index in [0.717, 1.165) is 5.56 Å². The van der Waals surface area contributed by atoms with E-state index in [-0.39, 0.29) is 30.0 Å². The summed E-state index contributed by atoms with van der Waals surface area (Å²) in [6.45, 7) is 3.81. The van der Waals surface area contributed by atoms with E-state index in [1.54, 1.807) is 51.3 Å². The normalized spacial score (nSPS) is 14.6. The first-order valence-electron chi connectivity index (χ1n) is 13.2. The number of nitro groups is 1. The Kier molecular flexibility index (Phi) is 8.88. The molecule has 0 spiro atoms. The zero-order valence-corrected chi connectivity index (χ0v) is 25.8. The van der Waals surface area contributed by atoms with Gasteiger partial charge in [0.25, 0.3) is 11.2 Å². The minimum absolute atomic E-state index is 0.00109. The van der Waals surface area contributed by atoms with Gasteiger partial charge in [0.2, 0.25) is 0 Å². The first kappa shape index (κ1) is 29.9. The van der Waals surface area contributed by atoms with E-state index >= 15 is 0 Å². The minimum atomic E-state index is -0.770. The molecule has 0 fully saturated rings. The highest BCUT2D eigenvalue weighted by Gasteiger charge is 2.33. The number of benzene rings is 3. The average Bonchev–Trinajstić information content (AvgIpc) is 3.30. The highest BCUT2D eigenvalue weighted by Crippen LogP contribution is 2.35. The fourth-order valence-corrected chi connectivity index (χ4v) is 6.30. The quantitative estimate of drug-likeness (QED) is 0.139. The van der Waals surface area contributed by atoms with E-state index in [1.807, 2.05) is 30.3 Å². The fourth-order valence-electron chi connectivity index (χ4n) is 4.71. The molecule has 220 valence electrons. The number of non-ortho nitro benzene ring substituents is 1. The van der Waals surface area contributed by atoms with Gasteiger partial charge in [-0.3, -0.25) is 19.5 Å². The van der Waals surface area contributed by atoms with Crippen LogP contribution in [0.25, 0.3) is 6.08 Å². The predicted octanol–water partition coefficient (Wildman–Crippen LogP) is 5.06. The number of esters is 1. The molecule has 0 amide bonds. The van der Waals surface area contributed by atoms with Crippen LogP contribution in [0.3, 0.4) is 0 Å². The number of hydrogen-bond donors (Lipinski definition) is 0. The van der Waals surface area contributed by atoms with Crippen LogP contribution in [0.5, 0.6) is 11.5 Å². The van der Waals surface area contributed by atoms with Crippen LogP contribution >= 0.6 is 27.3 Å². The van der Waals surface area contributed by atoms with Crippen molar-refractivity contribution in [3.8, 4) is 11.5 Å². The summed E-state index contributed by atoms with van der Waals surface area (Å²) in [6, 6.07) is 18.0. The second kappa shape index (κ2) is 12.8. The van der Waals surface area contributed by atoms with Crippen molar-refractivity contribution in [3.63, 3.8) is 0 Å². The largest absolute Gasteiger partial charge is 0.496 e. The van der Waals surface area contributed by atoms with E-state index in [0.29, 0.717) is 42.1 Å². The van der Waals surface area contributed by atoms with Crippen LogP contribution in [-0.2, 0) is 16.1 Å². The number of carbonyl (C=O) groups is 1. The lowest BCUT2D eigenvalue weighted by molar-refractivity contribution is -0.384. The predicted molar refractivity (Wildman–Crippen MR) is 165 cm³/mol. The maximum absolute atomic E-state index is 14.0. The Labute approximate surface area is 258 Å². The molecule has 1 atom stereocenters. The monoisotopic (exact) mass is 663 g/mol. The number of aromatic nitrogens is 1. The van der Waals surface area contributed by atoms with Gasteiger partial charge in [0.15, 0.2) is 4.80 Å². The van der Waals surface area contributed by atoms with Gasteiger partial charge in [0.05, 0.1) is 45.0 Å². The fraction of sp³-hybridized carbons (Fsp3) is 0.194. The number of carbonyl (C=O) groups excluding carboxylic acids is 1. The molecule has 0 bridgehead atoms. The molecule has 1 aliphatic rings. The summed E-state index contributed by atoms with van der Waals surface area (Å²) >= 11 is 4.73. The molecule has 4 aromatic rings. The maximum Gasteiger partial charge on any atom is 0.338 e. The van der Waals surface area contributed by atoms with Crippen LogP contribution < -0.4 is 24.4 Å². The topological polar surface area (TPSA) is 122 Å². The zero-order valence-electron chi connectivity index (χ0n) is 23.4. The number of nitro benzene ring substituents is 1. The van der Waals surface area contributed by atoms with E-state index in [4.69, 9.17) is 14.2 Å². The molecule has 1 aliphatic heterocycles. The third-order valence-electron chi connectivity index (χ3n) is 6.76.